The second kappa shape index (κ2) is 6.53. The number of rotatable bonds is 6. The van der Waals surface area contributed by atoms with Crippen LogP contribution in [-0.4, -0.2) is 29.4 Å². The fraction of sp³-hybridized carbons (Fsp3) is 0.500. The van der Waals surface area contributed by atoms with E-state index in [1.165, 1.54) is 23.9 Å². The highest BCUT2D eigenvalue weighted by Crippen LogP contribution is 2.41. The molecule has 1 aromatic carbocycles. The molecule has 1 aromatic heterocycles. The normalized spacial score (nSPS) is 18.3. The predicted octanol–water partition coefficient (Wildman–Crippen LogP) is 3.61. The van der Waals surface area contributed by atoms with Crippen molar-refractivity contribution in [3.8, 4) is 0 Å². The van der Waals surface area contributed by atoms with E-state index in [4.69, 9.17) is 0 Å². The molecular weight excluding hydrogens is 274 g/mol. The van der Waals surface area contributed by atoms with Gasteiger partial charge in [-0.1, -0.05) is 38.5 Å². The van der Waals surface area contributed by atoms with Crippen molar-refractivity contribution in [2.75, 3.05) is 23.4 Å². The van der Waals surface area contributed by atoms with Gasteiger partial charge in [0.25, 0.3) is 0 Å². The van der Waals surface area contributed by atoms with Crippen LogP contribution in [0.4, 0.5) is 11.4 Å². The smallest absolute Gasteiger partial charge is 0.0991 e. The van der Waals surface area contributed by atoms with Crippen molar-refractivity contribution in [2.45, 2.75) is 39.3 Å². The Balaban J connectivity index is 2.00. The summed E-state index contributed by atoms with van der Waals surface area (Å²) >= 11 is 0. The second-order valence-corrected chi connectivity index (χ2v) is 6.28. The minimum Gasteiger partial charge on any atom is -0.396 e. The number of nitrogens with zero attached hydrogens (tertiary/aromatic N) is 2. The minimum atomic E-state index is 0.218. The van der Waals surface area contributed by atoms with E-state index < -0.39 is 0 Å². The molecule has 118 valence electrons. The maximum atomic E-state index is 9.46. The summed E-state index contributed by atoms with van der Waals surface area (Å²) < 4.78 is 0. The molecule has 1 aliphatic rings. The van der Waals surface area contributed by atoms with E-state index in [0.29, 0.717) is 6.17 Å². The van der Waals surface area contributed by atoms with Crippen molar-refractivity contribution in [1.29, 1.82) is 0 Å². The number of para-hydroxylation sites is 1. The van der Waals surface area contributed by atoms with Crippen molar-refractivity contribution in [3.05, 3.63) is 30.5 Å². The quantitative estimate of drug-likeness (QED) is 0.855. The molecule has 1 aliphatic heterocycles. The monoisotopic (exact) mass is 299 g/mol. The molecule has 4 nitrogen and oxygen atoms in total. The third-order valence-electron chi connectivity index (χ3n) is 4.38. The number of anilines is 2. The van der Waals surface area contributed by atoms with Crippen LogP contribution in [0.1, 0.15) is 33.1 Å². The Bertz CT molecular complexity index is 643. The van der Waals surface area contributed by atoms with Crippen LogP contribution < -0.4 is 10.2 Å². The topological polar surface area (TPSA) is 48.4 Å². The standard InChI is InChI=1S/C18H25N3O/c1-3-4-9-17-20-16-10-19-15-8-6-5-7-14(15)18(16)21(17)11-13(2)12-22/h5-8,10,13,17,20,22H,3-4,9,11-12H2,1-2H3. The van der Waals surface area contributed by atoms with Gasteiger partial charge in [0, 0.05) is 18.5 Å². The fourth-order valence-corrected chi connectivity index (χ4v) is 3.19. The van der Waals surface area contributed by atoms with Crippen LogP contribution in [0.15, 0.2) is 30.5 Å². The molecule has 3 rings (SSSR count). The molecule has 0 spiro atoms. The summed E-state index contributed by atoms with van der Waals surface area (Å²) in [6, 6.07) is 8.29. The molecule has 2 N–H and O–H groups in total. The van der Waals surface area contributed by atoms with Gasteiger partial charge in [-0.15, -0.1) is 0 Å². The van der Waals surface area contributed by atoms with Crippen LogP contribution in [0.5, 0.6) is 0 Å². The summed E-state index contributed by atoms with van der Waals surface area (Å²) in [5.74, 6) is 0.254. The lowest BCUT2D eigenvalue weighted by Gasteiger charge is -2.29. The first-order valence-corrected chi connectivity index (χ1v) is 8.26. The molecule has 0 saturated heterocycles. The number of fused-ring (bicyclic) bond motifs is 3. The highest BCUT2D eigenvalue weighted by atomic mass is 16.3. The van der Waals surface area contributed by atoms with Crippen molar-refractivity contribution in [2.24, 2.45) is 5.92 Å². The Hall–Kier alpha value is -1.81. The molecule has 0 amide bonds. The number of aliphatic hydroxyl groups excluding tert-OH is 1. The van der Waals surface area contributed by atoms with Gasteiger partial charge >= 0.3 is 0 Å². The number of aliphatic hydroxyl groups is 1. The Morgan fingerprint density at radius 3 is 2.95 bits per heavy atom. The maximum absolute atomic E-state index is 9.46. The van der Waals surface area contributed by atoms with Gasteiger partial charge < -0.3 is 15.3 Å². The van der Waals surface area contributed by atoms with Crippen molar-refractivity contribution in [1.82, 2.24) is 4.98 Å². The lowest BCUT2D eigenvalue weighted by molar-refractivity contribution is 0.238. The van der Waals surface area contributed by atoms with Gasteiger partial charge in [0.2, 0.25) is 0 Å². The van der Waals surface area contributed by atoms with Crippen LogP contribution in [-0.2, 0) is 0 Å². The van der Waals surface area contributed by atoms with Gasteiger partial charge in [-0.2, -0.15) is 0 Å². The summed E-state index contributed by atoms with van der Waals surface area (Å²) in [5.41, 5.74) is 3.39. The Labute approximate surface area is 132 Å². The zero-order valence-corrected chi connectivity index (χ0v) is 13.4. The maximum Gasteiger partial charge on any atom is 0.0991 e. The molecule has 22 heavy (non-hydrogen) atoms. The molecule has 0 bridgehead atoms. The molecule has 0 radical (unpaired) electrons. The van der Waals surface area contributed by atoms with Crippen LogP contribution in [0.25, 0.3) is 10.9 Å². The molecule has 0 aliphatic carbocycles. The summed E-state index contributed by atoms with van der Waals surface area (Å²) in [4.78, 5) is 6.99. The summed E-state index contributed by atoms with van der Waals surface area (Å²) in [6.07, 6.45) is 5.74. The Morgan fingerprint density at radius 2 is 2.18 bits per heavy atom. The van der Waals surface area contributed by atoms with Crippen molar-refractivity contribution in [3.63, 3.8) is 0 Å². The first-order chi connectivity index (χ1) is 10.7. The number of hydrogen-bond acceptors (Lipinski definition) is 4. The van der Waals surface area contributed by atoms with Crippen LogP contribution in [0.3, 0.4) is 0 Å². The number of benzene rings is 1. The number of nitrogens with one attached hydrogen (secondary N) is 1. The molecule has 2 heterocycles. The number of unbranched alkanes of at least 4 members (excludes halogenated alkanes) is 1. The fourth-order valence-electron chi connectivity index (χ4n) is 3.19. The molecule has 2 atom stereocenters. The van der Waals surface area contributed by atoms with Gasteiger partial charge in [0.05, 0.1) is 29.3 Å². The highest BCUT2D eigenvalue weighted by Gasteiger charge is 2.30. The Kier molecular flexibility index (Phi) is 4.48. The van der Waals surface area contributed by atoms with Crippen LogP contribution in [0.2, 0.25) is 0 Å². The van der Waals surface area contributed by atoms with Gasteiger partial charge in [-0.05, 0) is 24.8 Å². The zero-order chi connectivity index (χ0) is 15.5. The van der Waals surface area contributed by atoms with Crippen molar-refractivity contribution >= 4 is 22.3 Å². The van der Waals surface area contributed by atoms with E-state index >= 15 is 0 Å². The third-order valence-corrected chi connectivity index (χ3v) is 4.38. The van der Waals surface area contributed by atoms with Crippen molar-refractivity contribution < 1.29 is 5.11 Å². The number of hydrogen-bond donors (Lipinski definition) is 2. The summed E-state index contributed by atoms with van der Waals surface area (Å²) in [5, 5.41) is 14.3. The number of aromatic nitrogens is 1. The third kappa shape index (κ3) is 2.75. The first kappa shape index (κ1) is 15.1. The van der Waals surface area contributed by atoms with Crippen LogP contribution >= 0.6 is 0 Å². The molecule has 0 fully saturated rings. The van der Waals surface area contributed by atoms with E-state index in [1.54, 1.807) is 0 Å². The largest absolute Gasteiger partial charge is 0.396 e. The lowest BCUT2D eigenvalue weighted by atomic mass is 10.1. The zero-order valence-electron chi connectivity index (χ0n) is 13.4. The lowest BCUT2D eigenvalue weighted by Crippen LogP contribution is -2.39. The summed E-state index contributed by atoms with van der Waals surface area (Å²) in [7, 11) is 0. The van der Waals surface area contributed by atoms with E-state index in [1.807, 2.05) is 12.3 Å². The average molecular weight is 299 g/mol. The van der Waals surface area contributed by atoms with Crippen LogP contribution in [0, 0.1) is 5.92 Å². The van der Waals surface area contributed by atoms with E-state index in [9.17, 15) is 5.11 Å². The average Bonchev–Trinajstić information content (AvgIpc) is 2.90. The molecule has 0 saturated carbocycles. The van der Waals surface area contributed by atoms with Gasteiger partial charge in [-0.25, -0.2) is 0 Å². The molecule has 2 aromatic rings. The summed E-state index contributed by atoms with van der Waals surface area (Å²) in [6.45, 7) is 5.40. The molecule has 2 unspecified atom stereocenters. The first-order valence-electron chi connectivity index (χ1n) is 8.26. The SMILES string of the molecule is CCCCC1Nc2cnc3ccccc3c2N1CC(C)CO. The molecule has 4 heteroatoms. The van der Waals surface area contributed by atoms with E-state index in [0.717, 1.165) is 24.2 Å². The number of pyridine rings is 1. The van der Waals surface area contributed by atoms with Gasteiger partial charge in [0.1, 0.15) is 0 Å². The molecular formula is C18H25N3O. The van der Waals surface area contributed by atoms with E-state index in [2.05, 4.69) is 47.2 Å². The Morgan fingerprint density at radius 1 is 1.36 bits per heavy atom. The van der Waals surface area contributed by atoms with E-state index in [-0.39, 0.29) is 12.5 Å². The predicted molar refractivity (Wildman–Crippen MR) is 92.3 cm³/mol. The van der Waals surface area contributed by atoms with Gasteiger partial charge in [0.15, 0.2) is 0 Å². The second-order valence-electron chi connectivity index (χ2n) is 6.28. The minimum absolute atomic E-state index is 0.218. The highest BCUT2D eigenvalue weighted by molar-refractivity contribution is 6.00. The van der Waals surface area contributed by atoms with Gasteiger partial charge in [-0.3, -0.25) is 4.98 Å².